The Hall–Kier alpha value is -4.75. The van der Waals surface area contributed by atoms with E-state index < -0.39 is 0 Å². The third-order valence-electron chi connectivity index (χ3n) is 6.81. The van der Waals surface area contributed by atoms with Crippen LogP contribution in [0.4, 0.5) is 17.1 Å². The van der Waals surface area contributed by atoms with E-state index in [9.17, 15) is 19.5 Å². The van der Waals surface area contributed by atoms with Crippen molar-refractivity contribution in [2.45, 2.75) is 13.3 Å². The Morgan fingerprint density at radius 2 is 1.51 bits per heavy atom. The van der Waals surface area contributed by atoms with Gasteiger partial charge in [-0.05, 0) is 60.5 Å². The average Bonchev–Trinajstić information content (AvgIpc) is 3.10. The molecular weight excluding hydrogens is 490 g/mol. The van der Waals surface area contributed by atoms with Crippen molar-refractivity contribution in [1.82, 2.24) is 0 Å². The van der Waals surface area contributed by atoms with E-state index in [1.165, 1.54) is 4.90 Å². The van der Waals surface area contributed by atoms with Crippen LogP contribution < -0.4 is 15.1 Å². The van der Waals surface area contributed by atoms with Crippen molar-refractivity contribution in [2.24, 2.45) is 0 Å². The van der Waals surface area contributed by atoms with Crippen LogP contribution in [0.2, 0.25) is 0 Å². The maximum atomic E-state index is 13.5. The van der Waals surface area contributed by atoms with Crippen LogP contribution in [0.1, 0.15) is 32.7 Å². The Labute approximate surface area is 227 Å². The number of hydrogen-bond donors (Lipinski definition) is 2. The zero-order valence-corrected chi connectivity index (χ0v) is 21.6. The van der Waals surface area contributed by atoms with Gasteiger partial charge in [-0.3, -0.25) is 14.4 Å². The van der Waals surface area contributed by atoms with Crippen molar-refractivity contribution in [3.05, 3.63) is 114 Å². The summed E-state index contributed by atoms with van der Waals surface area (Å²) in [6, 6.07) is 29.4. The highest BCUT2D eigenvalue weighted by Crippen LogP contribution is 2.33. The number of amides is 3. The third kappa shape index (κ3) is 5.44. The molecule has 0 fully saturated rings. The minimum absolute atomic E-state index is 0.143. The van der Waals surface area contributed by atoms with Gasteiger partial charge in [0.15, 0.2) is 0 Å². The SMILES string of the molecule is Cc1ccc(-c2ccccc2C(=O)Nc2ccc(C(=O)N3CCC(=O)N(CCO)c4ccccc43)cc2)cc1. The molecule has 0 unspecified atom stereocenters. The summed E-state index contributed by atoms with van der Waals surface area (Å²) in [5, 5.41) is 12.4. The molecule has 5 rings (SSSR count). The second-order valence-electron chi connectivity index (χ2n) is 9.41. The molecule has 1 aliphatic heterocycles. The summed E-state index contributed by atoms with van der Waals surface area (Å²) in [4.78, 5) is 42.5. The van der Waals surface area contributed by atoms with Crippen LogP contribution in [0, 0.1) is 6.92 Å². The summed E-state index contributed by atoms with van der Waals surface area (Å²) >= 11 is 0. The van der Waals surface area contributed by atoms with Crippen LogP contribution in [-0.2, 0) is 4.79 Å². The monoisotopic (exact) mass is 519 g/mol. The van der Waals surface area contributed by atoms with Crippen molar-refractivity contribution in [3.8, 4) is 11.1 Å². The highest BCUT2D eigenvalue weighted by molar-refractivity contribution is 6.12. The van der Waals surface area contributed by atoms with Crippen molar-refractivity contribution in [1.29, 1.82) is 0 Å². The number of aliphatic hydroxyl groups is 1. The molecule has 0 saturated carbocycles. The molecule has 0 aromatic heterocycles. The molecule has 0 aliphatic carbocycles. The van der Waals surface area contributed by atoms with Crippen molar-refractivity contribution < 1.29 is 19.5 Å². The Morgan fingerprint density at radius 1 is 0.846 bits per heavy atom. The van der Waals surface area contributed by atoms with Crippen LogP contribution >= 0.6 is 0 Å². The number of aliphatic hydroxyl groups excluding tert-OH is 1. The summed E-state index contributed by atoms with van der Waals surface area (Å²) in [5.74, 6) is -0.631. The Kier molecular flexibility index (Phi) is 7.52. The van der Waals surface area contributed by atoms with E-state index in [1.54, 1.807) is 53.4 Å². The van der Waals surface area contributed by atoms with Gasteiger partial charge in [-0.25, -0.2) is 0 Å². The van der Waals surface area contributed by atoms with Gasteiger partial charge in [0.05, 0.1) is 18.0 Å². The predicted octanol–water partition coefficient (Wildman–Crippen LogP) is 5.29. The van der Waals surface area contributed by atoms with Crippen LogP contribution in [0.15, 0.2) is 97.1 Å². The lowest BCUT2D eigenvalue weighted by molar-refractivity contribution is -0.118. The highest BCUT2D eigenvalue weighted by atomic mass is 16.3. The maximum absolute atomic E-state index is 13.5. The molecule has 3 amide bonds. The molecular formula is C32H29N3O4. The number of aryl methyl sites for hydroxylation is 1. The number of nitrogens with zero attached hydrogens (tertiary/aromatic N) is 2. The van der Waals surface area contributed by atoms with Gasteiger partial charge in [-0.15, -0.1) is 0 Å². The molecule has 4 aromatic rings. The minimum Gasteiger partial charge on any atom is -0.395 e. The van der Waals surface area contributed by atoms with Gasteiger partial charge < -0.3 is 20.2 Å². The molecule has 7 nitrogen and oxygen atoms in total. The first-order valence-electron chi connectivity index (χ1n) is 12.9. The number of fused-ring (bicyclic) bond motifs is 1. The number of nitrogens with one attached hydrogen (secondary N) is 1. The van der Waals surface area contributed by atoms with E-state index in [4.69, 9.17) is 0 Å². The fraction of sp³-hybridized carbons (Fsp3) is 0.156. The summed E-state index contributed by atoms with van der Waals surface area (Å²) in [7, 11) is 0. The summed E-state index contributed by atoms with van der Waals surface area (Å²) in [5.41, 5.74) is 5.72. The van der Waals surface area contributed by atoms with E-state index in [-0.39, 0.29) is 43.8 Å². The standard InChI is InChI=1S/C32H29N3O4/c1-22-10-12-23(13-11-22)26-6-2-3-7-27(26)31(38)33-25-16-14-24(15-17-25)32(39)35-19-18-30(37)34(20-21-36)28-8-4-5-9-29(28)35/h2-17,36H,18-21H2,1H3,(H,33,38). The smallest absolute Gasteiger partial charge is 0.258 e. The van der Waals surface area contributed by atoms with Crippen molar-refractivity contribution >= 4 is 34.8 Å². The molecule has 0 saturated heterocycles. The normalized spacial score (nSPS) is 13.0. The van der Waals surface area contributed by atoms with E-state index in [2.05, 4.69) is 5.32 Å². The van der Waals surface area contributed by atoms with Crippen LogP contribution in [0.3, 0.4) is 0 Å². The van der Waals surface area contributed by atoms with E-state index in [1.807, 2.05) is 55.5 Å². The molecule has 4 aromatic carbocycles. The summed E-state index contributed by atoms with van der Waals surface area (Å²) in [6.07, 6.45) is 0.148. The zero-order chi connectivity index (χ0) is 27.4. The molecule has 0 atom stereocenters. The molecule has 0 bridgehead atoms. The first-order chi connectivity index (χ1) is 19.0. The molecule has 0 spiro atoms. The second kappa shape index (κ2) is 11.3. The van der Waals surface area contributed by atoms with Crippen LogP contribution in [0.25, 0.3) is 11.1 Å². The van der Waals surface area contributed by atoms with Crippen LogP contribution in [-0.4, -0.2) is 42.5 Å². The van der Waals surface area contributed by atoms with Crippen LogP contribution in [0.5, 0.6) is 0 Å². The first kappa shape index (κ1) is 25.9. The molecule has 39 heavy (non-hydrogen) atoms. The topological polar surface area (TPSA) is 90.0 Å². The molecule has 196 valence electrons. The number of rotatable bonds is 6. The van der Waals surface area contributed by atoms with Gasteiger partial charge in [0, 0.05) is 36.3 Å². The fourth-order valence-electron chi connectivity index (χ4n) is 4.79. The zero-order valence-electron chi connectivity index (χ0n) is 21.6. The lowest BCUT2D eigenvalue weighted by Crippen LogP contribution is -2.33. The Morgan fingerprint density at radius 3 is 2.23 bits per heavy atom. The number of hydrogen-bond acceptors (Lipinski definition) is 4. The van der Waals surface area contributed by atoms with Gasteiger partial charge in [0.25, 0.3) is 11.8 Å². The van der Waals surface area contributed by atoms with Crippen molar-refractivity contribution in [3.63, 3.8) is 0 Å². The summed E-state index contributed by atoms with van der Waals surface area (Å²) < 4.78 is 0. The lowest BCUT2D eigenvalue weighted by Gasteiger charge is -2.25. The van der Waals surface area contributed by atoms with Gasteiger partial charge >= 0.3 is 0 Å². The number of β-amino-alcohol motifs (C(OH)–C–C–N with tert-alkyl or cyclic N) is 1. The van der Waals surface area contributed by atoms with E-state index in [0.29, 0.717) is 28.2 Å². The highest BCUT2D eigenvalue weighted by Gasteiger charge is 2.29. The van der Waals surface area contributed by atoms with E-state index in [0.717, 1.165) is 16.7 Å². The second-order valence-corrected chi connectivity index (χ2v) is 9.41. The number of carbonyl (C=O) groups is 3. The van der Waals surface area contributed by atoms with E-state index >= 15 is 0 Å². The quantitative estimate of drug-likeness (QED) is 0.362. The molecule has 1 heterocycles. The van der Waals surface area contributed by atoms with Gasteiger partial charge in [-0.2, -0.15) is 0 Å². The van der Waals surface area contributed by atoms with Crippen molar-refractivity contribution in [2.75, 3.05) is 34.8 Å². The largest absolute Gasteiger partial charge is 0.395 e. The average molecular weight is 520 g/mol. The first-order valence-corrected chi connectivity index (χ1v) is 12.9. The minimum atomic E-state index is -0.247. The number of anilines is 3. The maximum Gasteiger partial charge on any atom is 0.258 e. The summed E-state index contributed by atoms with van der Waals surface area (Å²) in [6.45, 7) is 2.24. The van der Waals surface area contributed by atoms with Gasteiger partial charge in [-0.1, -0.05) is 60.2 Å². The molecule has 7 heteroatoms. The lowest BCUT2D eigenvalue weighted by atomic mass is 9.98. The molecule has 2 N–H and O–H groups in total. The predicted molar refractivity (Wildman–Crippen MR) is 153 cm³/mol. The fourth-order valence-corrected chi connectivity index (χ4v) is 4.79. The van der Waals surface area contributed by atoms with Gasteiger partial charge in [0.2, 0.25) is 5.91 Å². The number of para-hydroxylation sites is 2. The van der Waals surface area contributed by atoms with Gasteiger partial charge in [0.1, 0.15) is 0 Å². The Balaban J connectivity index is 1.35. The Bertz CT molecular complexity index is 1510. The molecule has 0 radical (unpaired) electrons. The number of benzene rings is 4. The number of carbonyl (C=O) groups excluding carboxylic acids is 3. The molecule has 1 aliphatic rings. The third-order valence-corrected chi connectivity index (χ3v) is 6.81.